The van der Waals surface area contributed by atoms with Crippen molar-refractivity contribution in [2.75, 3.05) is 5.75 Å². The van der Waals surface area contributed by atoms with Crippen LogP contribution >= 0.6 is 11.3 Å². The molecule has 1 unspecified atom stereocenters. The molecule has 18 heavy (non-hydrogen) atoms. The van der Waals surface area contributed by atoms with E-state index in [1.807, 2.05) is 0 Å². The summed E-state index contributed by atoms with van der Waals surface area (Å²) in [5.74, 6) is -0.624. The van der Waals surface area contributed by atoms with Gasteiger partial charge in [-0.25, -0.2) is 13.4 Å². The van der Waals surface area contributed by atoms with Gasteiger partial charge in [0, 0.05) is 17.5 Å². The normalized spacial score (nSPS) is 22.8. The minimum absolute atomic E-state index is 0.0465. The third-order valence-electron chi connectivity index (χ3n) is 3.04. The number of carbonyl (C=O) groups is 1. The van der Waals surface area contributed by atoms with Gasteiger partial charge in [-0.3, -0.25) is 4.79 Å². The van der Waals surface area contributed by atoms with Crippen molar-refractivity contribution in [1.29, 1.82) is 0 Å². The Labute approximate surface area is 110 Å². The third kappa shape index (κ3) is 3.29. The predicted octanol–water partition coefficient (Wildman–Crippen LogP) is 1.28. The molecule has 7 heteroatoms. The lowest BCUT2D eigenvalue weighted by atomic mass is 10.1. The van der Waals surface area contributed by atoms with Crippen molar-refractivity contribution in [2.24, 2.45) is 0 Å². The fourth-order valence-electron chi connectivity index (χ4n) is 2.12. The second kappa shape index (κ2) is 5.36. The zero-order valence-electron chi connectivity index (χ0n) is 9.83. The molecule has 100 valence electrons. The molecule has 1 saturated heterocycles. The Morgan fingerprint density at radius 3 is 2.94 bits per heavy atom. The molecule has 2 rings (SSSR count). The molecule has 1 fully saturated rings. The van der Waals surface area contributed by atoms with E-state index >= 15 is 0 Å². The van der Waals surface area contributed by atoms with Crippen LogP contribution in [0.3, 0.4) is 0 Å². The van der Waals surface area contributed by atoms with Crippen LogP contribution in [0.5, 0.6) is 0 Å². The summed E-state index contributed by atoms with van der Waals surface area (Å²) >= 11 is 1.30. The summed E-state index contributed by atoms with van der Waals surface area (Å²) in [6.07, 6.45) is 4.29. The first-order valence-corrected chi connectivity index (χ1v) is 8.37. The number of hydrogen-bond acceptors (Lipinski definition) is 5. The van der Waals surface area contributed by atoms with Gasteiger partial charge in [0.1, 0.15) is 0 Å². The van der Waals surface area contributed by atoms with E-state index < -0.39 is 15.8 Å². The highest BCUT2D eigenvalue weighted by atomic mass is 32.2. The van der Waals surface area contributed by atoms with Crippen LogP contribution in [0.25, 0.3) is 0 Å². The van der Waals surface area contributed by atoms with Crippen LogP contribution in [0.4, 0.5) is 0 Å². The smallest absolute Gasteiger partial charge is 0.308 e. The average molecular weight is 289 g/mol. The van der Waals surface area contributed by atoms with Gasteiger partial charge in [-0.15, -0.1) is 11.3 Å². The van der Waals surface area contributed by atoms with Gasteiger partial charge < -0.3 is 5.11 Å². The molecule has 1 atom stereocenters. The lowest BCUT2D eigenvalue weighted by Crippen LogP contribution is -2.30. The van der Waals surface area contributed by atoms with Crippen molar-refractivity contribution in [3.8, 4) is 0 Å². The molecule has 1 aromatic heterocycles. The summed E-state index contributed by atoms with van der Waals surface area (Å²) in [5, 5.41) is 9.05. The molecular formula is C11H15NO4S2. The number of carboxylic acid groups (broad SMARTS) is 1. The van der Waals surface area contributed by atoms with Crippen LogP contribution in [0.1, 0.15) is 29.1 Å². The largest absolute Gasteiger partial charge is 0.481 e. The number of hydrogen-bond donors (Lipinski definition) is 1. The van der Waals surface area contributed by atoms with Crippen LogP contribution in [-0.4, -0.2) is 35.5 Å². The van der Waals surface area contributed by atoms with E-state index in [2.05, 4.69) is 4.98 Å². The Bertz CT molecular complexity index is 535. The van der Waals surface area contributed by atoms with Crippen LogP contribution in [0.2, 0.25) is 0 Å². The summed E-state index contributed by atoms with van der Waals surface area (Å²) in [5.41, 5.74) is 0. The van der Waals surface area contributed by atoms with E-state index in [4.69, 9.17) is 5.11 Å². The van der Waals surface area contributed by atoms with Crippen LogP contribution in [0, 0.1) is 0 Å². The summed E-state index contributed by atoms with van der Waals surface area (Å²) in [6.45, 7) is 0. The maximum Gasteiger partial charge on any atom is 0.308 e. The molecule has 0 aliphatic carbocycles. The first kappa shape index (κ1) is 13.5. The Balaban J connectivity index is 2.04. The Morgan fingerprint density at radius 2 is 2.28 bits per heavy atom. The van der Waals surface area contributed by atoms with Gasteiger partial charge in [0.05, 0.1) is 22.4 Å². The number of rotatable bonds is 4. The monoisotopic (exact) mass is 289 g/mol. The molecule has 5 nitrogen and oxygen atoms in total. The number of carboxylic acids is 1. The highest BCUT2D eigenvalue weighted by molar-refractivity contribution is 7.92. The van der Waals surface area contributed by atoms with Crippen LogP contribution < -0.4 is 0 Å². The maximum absolute atomic E-state index is 11.9. The highest BCUT2D eigenvalue weighted by Crippen LogP contribution is 2.25. The van der Waals surface area contributed by atoms with Gasteiger partial charge >= 0.3 is 5.97 Å². The molecule has 1 aromatic rings. The molecule has 1 aliphatic rings. The molecule has 0 aromatic carbocycles. The summed E-state index contributed by atoms with van der Waals surface area (Å²) in [4.78, 5) is 15.3. The van der Waals surface area contributed by atoms with Crippen molar-refractivity contribution in [3.05, 3.63) is 16.1 Å². The van der Waals surface area contributed by atoms with Crippen molar-refractivity contribution < 1.29 is 18.3 Å². The zero-order chi connectivity index (χ0) is 13.2. The molecule has 0 radical (unpaired) electrons. The van der Waals surface area contributed by atoms with Crippen molar-refractivity contribution in [3.63, 3.8) is 0 Å². The first-order chi connectivity index (χ1) is 8.47. The van der Waals surface area contributed by atoms with E-state index in [1.54, 1.807) is 0 Å². The lowest BCUT2D eigenvalue weighted by Gasteiger charge is -2.21. The first-order valence-electron chi connectivity index (χ1n) is 5.84. The average Bonchev–Trinajstić information content (AvgIpc) is 2.68. The summed E-state index contributed by atoms with van der Waals surface area (Å²) in [7, 11) is -2.99. The Kier molecular flexibility index (Phi) is 4.01. The number of aromatic nitrogens is 1. The lowest BCUT2D eigenvalue weighted by molar-refractivity contribution is -0.136. The van der Waals surface area contributed by atoms with E-state index in [1.165, 1.54) is 17.5 Å². The predicted molar refractivity (Wildman–Crippen MR) is 68.6 cm³/mol. The third-order valence-corrected chi connectivity index (χ3v) is 6.34. The fourth-order valence-corrected chi connectivity index (χ4v) is 5.09. The molecule has 0 bridgehead atoms. The van der Waals surface area contributed by atoms with Crippen molar-refractivity contribution in [2.45, 2.75) is 37.4 Å². The van der Waals surface area contributed by atoms with Gasteiger partial charge in [0.15, 0.2) is 9.84 Å². The fraction of sp³-hybridized carbons (Fsp3) is 0.636. The standard InChI is InChI=1S/C11H15NO4S2/c13-11(14)5-8-7-12-10(17-8)6-9-3-1-2-4-18(9,15)16/h7,9H,1-6H2,(H,13,14). The maximum atomic E-state index is 11.9. The van der Waals surface area contributed by atoms with Crippen LogP contribution in [-0.2, 0) is 27.5 Å². The van der Waals surface area contributed by atoms with Gasteiger partial charge in [0.2, 0.25) is 0 Å². The molecule has 1 aliphatic heterocycles. The minimum Gasteiger partial charge on any atom is -0.481 e. The van der Waals surface area contributed by atoms with E-state index in [0.29, 0.717) is 17.7 Å². The van der Waals surface area contributed by atoms with E-state index in [9.17, 15) is 13.2 Å². The quantitative estimate of drug-likeness (QED) is 0.902. The van der Waals surface area contributed by atoms with Gasteiger partial charge in [-0.05, 0) is 12.8 Å². The zero-order valence-corrected chi connectivity index (χ0v) is 11.5. The summed E-state index contributed by atoms with van der Waals surface area (Å²) in [6, 6.07) is 0. The minimum atomic E-state index is -2.99. The van der Waals surface area contributed by atoms with Gasteiger partial charge in [-0.1, -0.05) is 6.42 Å². The molecular weight excluding hydrogens is 274 g/mol. The Hall–Kier alpha value is -0.950. The SMILES string of the molecule is O=C(O)Cc1cnc(CC2CCCCS2(=O)=O)s1. The number of sulfone groups is 1. The van der Waals surface area contributed by atoms with E-state index in [0.717, 1.165) is 17.8 Å². The molecule has 0 saturated carbocycles. The van der Waals surface area contributed by atoms with Crippen molar-refractivity contribution in [1.82, 2.24) is 4.98 Å². The number of thiazole rings is 1. The second-order valence-electron chi connectivity index (χ2n) is 4.48. The molecule has 2 heterocycles. The van der Waals surface area contributed by atoms with E-state index in [-0.39, 0.29) is 17.4 Å². The molecule has 0 amide bonds. The van der Waals surface area contributed by atoms with Gasteiger partial charge in [0.25, 0.3) is 0 Å². The number of nitrogens with zero attached hydrogens (tertiary/aromatic N) is 1. The van der Waals surface area contributed by atoms with Crippen LogP contribution in [0.15, 0.2) is 6.20 Å². The van der Waals surface area contributed by atoms with Gasteiger partial charge in [-0.2, -0.15) is 0 Å². The van der Waals surface area contributed by atoms with Crippen molar-refractivity contribution >= 4 is 27.1 Å². The number of aliphatic carboxylic acids is 1. The Morgan fingerprint density at radius 1 is 1.50 bits per heavy atom. The summed E-state index contributed by atoms with van der Waals surface area (Å²) < 4.78 is 23.7. The molecule has 0 spiro atoms. The highest BCUT2D eigenvalue weighted by Gasteiger charge is 2.29. The molecule has 1 N–H and O–H groups in total. The topological polar surface area (TPSA) is 84.3 Å². The second-order valence-corrected chi connectivity index (χ2v) is 8.08.